The lowest BCUT2D eigenvalue weighted by Crippen LogP contribution is -2.49. The number of pyridine rings is 1. The Hall–Kier alpha value is -2.25. The van der Waals surface area contributed by atoms with Crippen molar-refractivity contribution < 1.29 is 13.2 Å². The highest BCUT2D eigenvalue weighted by atomic mass is 32.2. The highest BCUT2D eigenvalue weighted by Gasteiger charge is 2.34. The number of ketones is 1. The summed E-state index contributed by atoms with van der Waals surface area (Å²) in [5.41, 5.74) is 2.92. The molecule has 1 fully saturated rings. The molecule has 1 aliphatic heterocycles. The second-order valence-electron chi connectivity index (χ2n) is 7.69. The molecule has 4 rings (SSSR count). The van der Waals surface area contributed by atoms with Gasteiger partial charge in [-0.25, -0.2) is 13.4 Å². The fraction of sp³-hybridized carbons (Fsp3) is 0.429. The van der Waals surface area contributed by atoms with Crippen molar-refractivity contribution in [1.82, 2.24) is 9.29 Å². The number of sulfonamides is 1. The Kier molecular flexibility index (Phi) is 4.97. The lowest BCUT2D eigenvalue weighted by molar-refractivity contribution is -0.120. The fourth-order valence-electron chi connectivity index (χ4n) is 4.09. The first-order valence-electron chi connectivity index (χ1n) is 9.65. The molecule has 148 valence electrons. The number of hydrogen-bond acceptors (Lipinski definition) is 5. The van der Waals surface area contributed by atoms with Crippen LogP contribution >= 0.6 is 0 Å². The number of carbonyl (C=O) groups excluding carboxylic acids is 1. The van der Waals surface area contributed by atoms with Crippen LogP contribution in [0.4, 0.5) is 5.82 Å². The van der Waals surface area contributed by atoms with Gasteiger partial charge in [0, 0.05) is 38.3 Å². The summed E-state index contributed by atoms with van der Waals surface area (Å²) < 4.78 is 28.2. The van der Waals surface area contributed by atoms with Crippen molar-refractivity contribution in [1.29, 1.82) is 0 Å². The number of aryl methyl sites for hydroxylation is 1. The van der Waals surface area contributed by atoms with E-state index < -0.39 is 10.0 Å². The van der Waals surface area contributed by atoms with Crippen molar-refractivity contribution in [2.24, 2.45) is 5.92 Å². The van der Waals surface area contributed by atoms with Gasteiger partial charge in [-0.05, 0) is 55.5 Å². The Balaban J connectivity index is 1.53. The average molecular weight is 400 g/mol. The Morgan fingerprint density at radius 1 is 1.07 bits per heavy atom. The van der Waals surface area contributed by atoms with E-state index in [4.69, 9.17) is 0 Å². The van der Waals surface area contributed by atoms with Gasteiger partial charge < -0.3 is 4.90 Å². The molecule has 28 heavy (non-hydrogen) atoms. The number of fused-ring (bicyclic) bond motifs is 1. The second kappa shape index (κ2) is 7.29. The van der Waals surface area contributed by atoms with E-state index in [0.29, 0.717) is 43.9 Å². The molecule has 1 aromatic heterocycles. The van der Waals surface area contributed by atoms with Gasteiger partial charge in [0.15, 0.2) is 0 Å². The van der Waals surface area contributed by atoms with E-state index >= 15 is 0 Å². The van der Waals surface area contributed by atoms with Crippen molar-refractivity contribution in [2.75, 3.05) is 31.1 Å². The van der Waals surface area contributed by atoms with Crippen LogP contribution < -0.4 is 4.90 Å². The summed E-state index contributed by atoms with van der Waals surface area (Å²) in [6.07, 6.45) is 2.99. The van der Waals surface area contributed by atoms with E-state index in [1.807, 2.05) is 31.3 Å². The highest BCUT2D eigenvalue weighted by Crippen LogP contribution is 2.34. The van der Waals surface area contributed by atoms with Crippen molar-refractivity contribution in [3.05, 3.63) is 53.2 Å². The Morgan fingerprint density at radius 2 is 1.82 bits per heavy atom. The van der Waals surface area contributed by atoms with Gasteiger partial charge in [-0.15, -0.1) is 0 Å². The molecule has 6 nitrogen and oxygen atoms in total. The molecule has 1 aliphatic carbocycles. The topological polar surface area (TPSA) is 70.6 Å². The summed E-state index contributed by atoms with van der Waals surface area (Å²) in [5, 5.41) is 0. The maximum atomic E-state index is 13.3. The second-order valence-corrected chi connectivity index (χ2v) is 9.60. The van der Waals surface area contributed by atoms with E-state index in [9.17, 15) is 13.2 Å². The van der Waals surface area contributed by atoms with Gasteiger partial charge >= 0.3 is 0 Å². The number of anilines is 1. The summed E-state index contributed by atoms with van der Waals surface area (Å²) in [4.78, 5) is 18.7. The molecule has 2 aromatic rings. The molecule has 2 heterocycles. The molecule has 0 spiro atoms. The summed E-state index contributed by atoms with van der Waals surface area (Å²) in [6, 6.07) is 9.42. The molecule has 0 N–H and O–H groups in total. The van der Waals surface area contributed by atoms with Gasteiger partial charge in [-0.1, -0.05) is 18.2 Å². The molecule has 1 aromatic carbocycles. The van der Waals surface area contributed by atoms with E-state index in [1.54, 1.807) is 23.4 Å². The number of nitrogens with zero attached hydrogens (tertiary/aromatic N) is 3. The molecule has 0 saturated carbocycles. The normalized spacial score (nSPS) is 20.2. The van der Waals surface area contributed by atoms with Gasteiger partial charge in [-0.3, -0.25) is 4.79 Å². The Labute approximate surface area is 166 Å². The van der Waals surface area contributed by atoms with Crippen LogP contribution in [-0.2, 0) is 27.7 Å². The summed E-state index contributed by atoms with van der Waals surface area (Å²) >= 11 is 0. The number of piperazine rings is 1. The van der Waals surface area contributed by atoms with Crippen LogP contribution in [-0.4, -0.2) is 49.7 Å². The van der Waals surface area contributed by atoms with Crippen LogP contribution in [0.1, 0.15) is 23.6 Å². The first-order valence-corrected chi connectivity index (χ1v) is 11.1. The third kappa shape index (κ3) is 3.44. The minimum atomic E-state index is -3.57. The van der Waals surface area contributed by atoms with Crippen LogP contribution in [0.3, 0.4) is 0 Å². The predicted molar refractivity (Wildman–Crippen MR) is 108 cm³/mol. The zero-order chi connectivity index (χ0) is 19.9. The van der Waals surface area contributed by atoms with Crippen LogP contribution in [0.15, 0.2) is 41.4 Å². The molecule has 0 radical (unpaired) electrons. The van der Waals surface area contributed by atoms with E-state index in [0.717, 1.165) is 22.5 Å². The molecular weight excluding hydrogens is 374 g/mol. The smallest absolute Gasteiger partial charge is 0.243 e. The standard InChI is InChI=1S/C21H25N3O3S/c1-15-6-7-21(22-14-15)23-8-10-24(11-9-23)28(26,27)20-5-3-4-17-12-18(16(2)25)13-19(17)20/h3-7,14,18H,8-13H2,1-2H3/t18-/m0/s1. The lowest BCUT2D eigenvalue weighted by atomic mass is 10.0. The minimum Gasteiger partial charge on any atom is -0.354 e. The summed E-state index contributed by atoms with van der Waals surface area (Å²) in [6.45, 7) is 5.66. The molecule has 0 amide bonds. The molecule has 0 bridgehead atoms. The van der Waals surface area contributed by atoms with E-state index in [2.05, 4.69) is 9.88 Å². The van der Waals surface area contributed by atoms with Gasteiger partial charge in [0.2, 0.25) is 10.0 Å². The Bertz CT molecular complexity index is 994. The fourth-order valence-corrected chi connectivity index (χ4v) is 5.79. The highest BCUT2D eigenvalue weighted by molar-refractivity contribution is 7.89. The monoisotopic (exact) mass is 399 g/mol. The van der Waals surface area contributed by atoms with Gasteiger partial charge in [-0.2, -0.15) is 4.31 Å². The molecule has 1 saturated heterocycles. The van der Waals surface area contributed by atoms with Gasteiger partial charge in [0.1, 0.15) is 11.6 Å². The summed E-state index contributed by atoms with van der Waals surface area (Å²) in [7, 11) is -3.57. The predicted octanol–water partition coefficient (Wildman–Crippen LogP) is 2.20. The third-order valence-electron chi connectivity index (χ3n) is 5.80. The zero-order valence-electron chi connectivity index (χ0n) is 16.3. The zero-order valence-corrected chi connectivity index (χ0v) is 17.1. The SMILES string of the molecule is CC(=O)[C@H]1Cc2cccc(S(=O)(=O)N3CCN(c4ccc(C)cn4)CC3)c2C1. The first-order chi connectivity index (χ1) is 13.4. The van der Waals surface area contributed by atoms with Gasteiger partial charge in [0.25, 0.3) is 0 Å². The summed E-state index contributed by atoms with van der Waals surface area (Å²) in [5.74, 6) is 0.905. The number of aromatic nitrogens is 1. The number of hydrogen-bond donors (Lipinski definition) is 0. The molecule has 0 unspecified atom stereocenters. The van der Waals surface area contributed by atoms with Crippen LogP contribution in [0.5, 0.6) is 0 Å². The molecule has 1 atom stereocenters. The number of benzene rings is 1. The van der Waals surface area contributed by atoms with Crippen molar-refractivity contribution in [3.63, 3.8) is 0 Å². The van der Waals surface area contributed by atoms with Crippen LogP contribution in [0, 0.1) is 12.8 Å². The third-order valence-corrected chi connectivity index (χ3v) is 7.78. The van der Waals surface area contributed by atoms with Crippen LogP contribution in [0.25, 0.3) is 0 Å². The lowest BCUT2D eigenvalue weighted by Gasteiger charge is -2.35. The first kappa shape index (κ1) is 19.1. The van der Waals surface area contributed by atoms with Crippen molar-refractivity contribution >= 4 is 21.6 Å². The Morgan fingerprint density at radius 3 is 2.46 bits per heavy atom. The molecular formula is C21H25N3O3S. The average Bonchev–Trinajstić information content (AvgIpc) is 3.13. The maximum absolute atomic E-state index is 13.3. The minimum absolute atomic E-state index is 0.101. The van der Waals surface area contributed by atoms with E-state index in [1.165, 1.54) is 0 Å². The van der Waals surface area contributed by atoms with Crippen molar-refractivity contribution in [2.45, 2.75) is 31.6 Å². The number of Topliss-reactive ketones (excluding diaryl/α,β-unsaturated/α-hetero) is 1. The van der Waals surface area contributed by atoms with Crippen LogP contribution in [0.2, 0.25) is 0 Å². The van der Waals surface area contributed by atoms with Crippen molar-refractivity contribution in [3.8, 4) is 0 Å². The number of rotatable bonds is 4. The number of carbonyl (C=O) groups is 1. The molecule has 2 aliphatic rings. The largest absolute Gasteiger partial charge is 0.354 e. The quantitative estimate of drug-likeness (QED) is 0.788. The van der Waals surface area contributed by atoms with E-state index in [-0.39, 0.29) is 11.7 Å². The van der Waals surface area contributed by atoms with Gasteiger partial charge in [0.05, 0.1) is 4.90 Å². The molecule has 7 heteroatoms. The maximum Gasteiger partial charge on any atom is 0.243 e.